The number of para-hydroxylation sites is 1. The van der Waals surface area contributed by atoms with Gasteiger partial charge in [0.15, 0.2) is 0 Å². The highest BCUT2D eigenvalue weighted by Gasteiger charge is 2.57. The maximum atomic E-state index is 14.1. The van der Waals surface area contributed by atoms with Crippen LogP contribution in [0.25, 0.3) is 5.69 Å². The van der Waals surface area contributed by atoms with E-state index in [-0.39, 0.29) is 18.8 Å². The zero-order valence-electron chi connectivity index (χ0n) is 14.1. The van der Waals surface area contributed by atoms with E-state index in [1.807, 2.05) is 0 Å². The van der Waals surface area contributed by atoms with Gasteiger partial charge in [0.25, 0.3) is 5.91 Å². The molecule has 1 amide bonds. The highest BCUT2D eigenvalue weighted by atomic mass is 19.4. The van der Waals surface area contributed by atoms with Gasteiger partial charge in [0.05, 0.1) is 11.9 Å². The van der Waals surface area contributed by atoms with Crippen molar-refractivity contribution in [3.05, 3.63) is 47.5 Å². The van der Waals surface area contributed by atoms with E-state index in [0.717, 1.165) is 4.90 Å². The lowest BCUT2D eigenvalue weighted by Gasteiger charge is -2.36. The van der Waals surface area contributed by atoms with Crippen LogP contribution in [-0.2, 0) is 11.3 Å². The Balaban J connectivity index is 1.94. The minimum absolute atomic E-state index is 0.0434. The first-order valence-corrected chi connectivity index (χ1v) is 7.94. The average molecular weight is 371 g/mol. The molecule has 1 aromatic heterocycles. The van der Waals surface area contributed by atoms with Gasteiger partial charge in [-0.1, -0.05) is 19.1 Å². The Morgan fingerprint density at radius 1 is 1.31 bits per heavy atom. The number of amides is 1. The number of carbonyl (C=O) groups is 1. The third-order valence-corrected chi connectivity index (χ3v) is 4.54. The fourth-order valence-electron chi connectivity index (χ4n) is 3.13. The lowest BCUT2D eigenvalue weighted by atomic mass is 9.95. The van der Waals surface area contributed by atoms with Gasteiger partial charge in [0.2, 0.25) is 5.60 Å². The second-order valence-electron chi connectivity index (χ2n) is 6.57. The van der Waals surface area contributed by atoms with Crippen molar-refractivity contribution >= 4 is 5.91 Å². The first-order valence-electron chi connectivity index (χ1n) is 7.94. The van der Waals surface area contributed by atoms with E-state index in [0.29, 0.717) is 18.2 Å². The van der Waals surface area contributed by atoms with Crippen LogP contribution in [0.4, 0.5) is 17.6 Å². The van der Waals surface area contributed by atoms with Crippen LogP contribution in [0.2, 0.25) is 0 Å². The largest absolute Gasteiger partial charge is 0.426 e. The molecule has 0 spiro atoms. The molecule has 9 heteroatoms. The third kappa shape index (κ3) is 2.86. The summed E-state index contributed by atoms with van der Waals surface area (Å²) in [5.74, 6) is -2.29. The van der Waals surface area contributed by atoms with Crippen LogP contribution in [0.5, 0.6) is 0 Å². The fourth-order valence-corrected chi connectivity index (χ4v) is 3.13. The number of fused-ring (bicyclic) bond motifs is 1. The molecular formula is C17H17F4N3O2. The van der Waals surface area contributed by atoms with Gasteiger partial charge in [-0.05, 0) is 19.1 Å². The number of aromatic nitrogens is 2. The second kappa shape index (κ2) is 6.08. The molecule has 0 fully saturated rings. The highest BCUT2D eigenvalue weighted by molar-refractivity contribution is 5.85. The summed E-state index contributed by atoms with van der Waals surface area (Å²) in [6.45, 7) is 1.97. The number of benzene rings is 1. The zero-order valence-corrected chi connectivity index (χ0v) is 14.1. The van der Waals surface area contributed by atoms with Crippen LogP contribution >= 0.6 is 0 Å². The topological polar surface area (TPSA) is 58.4 Å². The Labute approximate surface area is 146 Å². The van der Waals surface area contributed by atoms with Crippen molar-refractivity contribution in [2.24, 2.45) is 0 Å². The van der Waals surface area contributed by atoms with Gasteiger partial charge in [-0.3, -0.25) is 4.79 Å². The van der Waals surface area contributed by atoms with Gasteiger partial charge < -0.3 is 10.0 Å². The van der Waals surface area contributed by atoms with Crippen molar-refractivity contribution in [3.63, 3.8) is 0 Å². The molecule has 26 heavy (non-hydrogen) atoms. The van der Waals surface area contributed by atoms with Crippen molar-refractivity contribution in [2.75, 3.05) is 6.54 Å². The number of alkyl halides is 3. The van der Waals surface area contributed by atoms with Crippen LogP contribution in [0.3, 0.4) is 0 Å². The van der Waals surface area contributed by atoms with Gasteiger partial charge in [-0.25, -0.2) is 9.07 Å². The Kier molecular flexibility index (Phi) is 4.30. The Morgan fingerprint density at radius 3 is 2.58 bits per heavy atom. The predicted molar refractivity (Wildman–Crippen MR) is 84.0 cm³/mol. The van der Waals surface area contributed by atoms with Gasteiger partial charge in [0.1, 0.15) is 11.5 Å². The molecule has 5 nitrogen and oxygen atoms in total. The lowest BCUT2D eigenvalue weighted by molar-refractivity contribution is -0.250. The van der Waals surface area contributed by atoms with E-state index >= 15 is 0 Å². The normalized spacial score (nSPS) is 19.8. The Bertz CT molecular complexity index is 845. The SMILES string of the molecule is C[C@H]1CN(C(=O)C(C)(O)C(F)(F)F)Cc2cnn(-c3ccccc3F)c21. The van der Waals surface area contributed by atoms with E-state index in [1.165, 1.54) is 23.0 Å². The quantitative estimate of drug-likeness (QED) is 0.826. The number of halogens is 4. The molecule has 140 valence electrons. The molecule has 0 aliphatic carbocycles. The van der Waals surface area contributed by atoms with Crippen LogP contribution in [0.1, 0.15) is 31.0 Å². The molecule has 2 aromatic rings. The summed E-state index contributed by atoms with van der Waals surface area (Å²) in [6, 6.07) is 6.02. The molecule has 1 unspecified atom stereocenters. The maximum absolute atomic E-state index is 14.1. The molecule has 1 aliphatic heterocycles. The number of hydrogen-bond acceptors (Lipinski definition) is 3. The highest BCUT2D eigenvalue weighted by Crippen LogP contribution is 2.36. The molecule has 3 rings (SSSR count). The molecule has 0 bridgehead atoms. The van der Waals surface area contributed by atoms with Crippen molar-refractivity contribution in [1.82, 2.24) is 14.7 Å². The average Bonchev–Trinajstić information content (AvgIpc) is 2.97. The zero-order chi connectivity index (χ0) is 19.3. The van der Waals surface area contributed by atoms with Crippen molar-refractivity contribution < 1.29 is 27.5 Å². The van der Waals surface area contributed by atoms with Gasteiger partial charge in [-0.15, -0.1) is 0 Å². The van der Waals surface area contributed by atoms with Crippen LogP contribution in [-0.4, -0.2) is 44.0 Å². The number of rotatable bonds is 2. The molecule has 1 aromatic carbocycles. The van der Waals surface area contributed by atoms with E-state index < -0.39 is 29.4 Å². The summed E-state index contributed by atoms with van der Waals surface area (Å²) in [7, 11) is 0. The second-order valence-corrected chi connectivity index (χ2v) is 6.57. The molecule has 1 N–H and O–H groups in total. The first kappa shape index (κ1) is 18.4. The minimum atomic E-state index is -5.08. The summed E-state index contributed by atoms with van der Waals surface area (Å²) >= 11 is 0. The standard InChI is InChI=1S/C17H17F4N3O2/c1-10-8-23(15(25)16(2,26)17(19,20)21)9-11-7-22-24(14(10)11)13-6-4-3-5-12(13)18/h3-7,10,26H,8-9H2,1-2H3/t10-,16?/m0/s1. The van der Waals surface area contributed by atoms with Crippen LogP contribution in [0.15, 0.2) is 30.5 Å². The number of carbonyl (C=O) groups excluding carboxylic acids is 1. The molecule has 0 saturated carbocycles. The molecule has 0 saturated heterocycles. The van der Waals surface area contributed by atoms with Crippen LogP contribution in [0, 0.1) is 5.82 Å². The van der Waals surface area contributed by atoms with E-state index in [9.17, 15) is 27.5 Å². The van der Waals surface area contributed by atoms with Gasteiger partial charge in [0, 0.05) is 24.6 Å². The first-order chi connectivity index (χ1) is 12.0. The summed E-state index contributed by atoms with van der Waals surface area (Å²) in [6.07, 6.45) is -3.68. The lowest BCUT2D eigenvalue weighted by Crippen LogP contribution is -2.57. The molecule has 1 aliphatic rings. The summed E-state index contributed by atoms with van der Waals surface area (Å²) < 4.78 is 54.3. The van der Waals surface area contributed by atoms with Crippen molar-refractivity contribution in [3.8, 4) is 5.69 Å². The Hall–Kier alpha value is -2.42. The fraction of sp³-hybridized carbons (Fsp3) is 0.412. The van der Waals surface area contributed by atoms with Crippen molar-refractivity contribution in [1.29, 1.82) is 0 Å². The number of hydrogen-bond donors (Lipinski definition) is 1. The molecule has 0 radical (unpaired) electrons. The molecular weight excluding hydrogens is 354 g/mol. The van der Waals surface area contributed by atoms with Gasteiger partial charge >= 0.3 is 6.18 Å². The molecule has 2 heterocycles. The maximum Gasteiger partial charge on any atom is 0.426 e. The van der Waals surface area contributed by atoms with E-state index in [1.54, 1.807) is 19.1 Å². The Morgan fingerprint density at radius 2 is 1.96 bits per heavy atom. The molecule has 2 atom stereocenters. The van der Waals surface area contributed by atoms with E-state index in [2.05, 4.69) is 5.10 Å². The summed E-state index contributed by atoms with van der Waals surface area (Å²) in [5, 5.41) is 13.8. The number of nitrogens with zero attached hydrogens (tertiary/aromatic N) is 3. The number of aliphatic hydroxyl groups is 1. The summed E-state index contributed by atoms with van der Waals surface area (Å²) in [5.41, 5.74) is -2.10. The summed E-state index contributed by atoms with van der Waals surface area (Å²) in [4.78, 5) is 13.2. The van der Waals surface area contributed by atoms with Crippen molar-refractivity contribution in [2.45, 2.75) is 38.1 Å². The monoisotopic (exact) mass is 371 g/mol. The predicted octanol–water partition coefficient (Wildman–Crippen LogP) is 2.77. The van der Waals surface area contributed by atoms with Crippen LogP contribution < -0.4 is 0 Å². The van der Waals surface area contributed by atoms with Gasteiger partial charge in [-0.2, -0.15) is 18.3 Å². The van der Waals surface area contributed by atoms with E-state index in [4.69, 9.17) is 0 Å². The smallest absolute Gasteiger partial charge is 0.373 e. The third-order valence-electron chi connectivity index (χ3n) is 4.54. The minimum Gasteiger partial charge on any atom is -0.373 e.